The second kappa shape index (κ2) is 6.55. The van der Waals surface area contributed by atoms with Gasteiger partial charge in [-0.2, -0.15) is 0 Å². The number of rotatable bonds is 3. The van der Waals surface area contributed by atoms with E-state index in [0.29, 0.717) is 5.54 Å². The molecule has 3 fully saturated rings. The lowest BCUT2D eigenvalue weighted by molar-refractivity contribution is 0.00855. The minimum Gasteiger partial charge on any atom is -0.329 e. The molecular weight excluding hydrogens is 258 g/mol. The third-order valence-electron chi connectivity index (χ3n) is 6.78. The summed E-state index contributed by atoms with van der Waals surface area (Å²) in [6, 6.07) is 0.825. The number of piperazine rings is 1. The Morgan fingerprint density at radius 1 is 1.05 bits per heavy atom. The van der Waals surface area contributed by atoms with Gasteiger partial charge in [0.2, 0.25) is 0 Å². The van der Waals surface area contributed by atoms with Crippen molar-refractivity contribution in [3.05, 3.63) is 0 Å². The summed E-state index contributed by atoms with van der Waals surface area (Å²) in [5, 5.41) is 0. The van der Waals surface area contributed by atoms with Crippen LogP contribution in [0.15, 0.2) is 0 Å². The molecule has 2 aliphatic heterocycles. The molecule has 0 spiro atoms. The van der Waals surface area contributed by atoms with Gasteiger partial charge in [0.1, 0.15) is 0 Å². The summed E-state index contributed by atoms with van der Waals surface area (Å²) in [7, 11) is 0. The molecule has 1 aliphatic carbocycles. The molecule has 21 heavy (non-hydrogen) atoms. The predicted molar refractivity (Wildman–Crippen MR) is 89.4 cm³/mol. The Morgan fingerprint density at radius 3 is 2.67 bits per heavy atom. The molecule has 3 unspecified atom stereocenters. The van der Waals surface area contributed by atoms with Gasteiger partial charge in [-0.05, 0) is 50.5 Å². The second-order valence-electron chi connectivity index (χ2n) is 8.14. The zero-order valence-corrected chi connectivity index (χ0v) is 14.2. The molecule has 3 aliphatic rings. The second-order valence-corrected chi connectivity index (χ2v) is 8.14. The number of hydrogen-bond acceptors (Lipinski definition) is 3. The van der Waals surface area contributed by atoms with Crippen LogP contribution in [0.25, 0.3) is 0 Å². The molecule has 122 valence electrons. The quantitative estimate of drug-likeness (QED) is 0.812. The normalized spacial score (nSPS) is 39.4. The Hall–Kier alpha value is -0.120. The van der Waals surface area contributed by atoms with Gasteiger partial charge >= 0.3 is 0 Å². The van der Waals surface area contributed by atoms with Crippen LogP contribution in [0.3, 0.4) is 0 Å². The van der Waals surface area contributed by atoms with Crippen molar-refractivity contribution in [1.29, 1.82) is 0 Å². The lowest BCUT2D eigenvalue weighted by atomic mass is 9.84. The molecule has 0 aromatic rings. The molecule has 2 heterocycles. The van der Waals surface area contributed by atoms with E-state index in [1.54, 1.807) is 0 Å². The lowest BCUT2D eigenvalue weighted by Crippen LogP contribution is -2.61. The Labute approximate surface area is 131 Å². The van der Waals surface area contributed by atoms with E-state index in [2.05, 4.69) is 23.6 Å². The van der Waals surface area contributed by atoms with Crippen molar-refractivity contribution >= 4 is 0 Å². The van der Waals surface area contributed by atoms with Crippen molar-refractivity contribution in [2.45, 2.75) is 70.4 Å². The van der Waals surface area contributed by atoms with E-state index in [0.717, 1.165) is 24.4 Å². The third-order valence-corrected chi connectivity index (χ3v) is 6.78. The van der Waals surface area contributed by atoms with Gasteiger partial charge in [-0.15, -0.1) is 0 Å². The third kappa shape index (κ3) is 3.16. The first-order valence-electron chi connectivity index (χ1n) is 9.34. The molecule has 1 saturated carbocycles. The van der Waals surface area contributed by atoms with Crippen molar-refractivity contribution in [1.82, 2.24) is 9.80 Å². The standard InChI is InChI=1S/C18H35N3/c1-15(2)16-5-3-8-18(14-19,9-7-16)21-12-11-20-10-4-6-17(20)13-21/h15-17H,3-14,19H2,1-2H3. The van der Waals surface area contributed by atoms with Crippen molar-refractivity contribution in [2.24, 2.45) is 17.6 Å². The summed E-state index contributed by atoms with van der Waals surface area (Å²) < 4.78 is 0. The maximum atomic E-state index is 6.34. The molecule has 0 aromatic carbocycles. The van der Waals surface area contributed by atoms with Crippen LogP contribution in [0.1, 0.15) is 58.8 Å². The SMILES string of the molecule is CC(C)C1CCCC(CN)(N2CCN3CCCC3C2)CC1. The Bertz CT molecular complexity index is 343. The first-order valence-corrected chi connectivity index (χ1v) is 9.34. The fraction of sp³-hybridized carbons (Fsp3) is 1.00. The number of nitrogens with zero attached hydrogens (tertiary/aromatic N) is 2. The van der Waals surface area contributed by atoms with Gasteiger partial charge in [0.15, 0.2) is 0 Å². The Morgan fingerprint density at radius 2 is 1.90 bits per heavy atom. The van der Waals surface area contributed by atoms with Gasteiger partial charge in [-0.25, -0.2) is 0 Å². The van der Waals surface area contributed by atoms with E-state index in [1.165, 1.54) is 71.1 Å². The molecule has 2 N–H and O–H groups in total. The summed E-state index contributed by atoms with van der Waals surface area (Å²) in [6.07, 6.45) is 9.67. The minimum absolute atomic E-state index is 0.318. The summed E-state index contributed by atoms with van der Waals surface area (Å²) >= 11 is 0. The zero-order chi connectivity index (χ0) is 14.9. The van der Waals surface area contributed by atoms with Crippen LogP contribution in [0.4, 0.5) is 0 Å². The number of nitrogens with two attached hydrogens (primary N) is 1. The van der Waals surface area contributed by atoms with Gasteiger partial charge in [-0.1, -0.05) is 26.7 Å². The van der Waals surface area contributed by atoms with E-state index in [-0.39, 0.29) is 0 Å². The topological polar surface area (TPSA) is 32.5 Å². The molecule has 0 aromatic heterocycles. The van der Waals surface area contributed by atoms with E-state index >= 15 is 0 Å². The van der Waals surface area contributed by atoms with Crippen LogP contribution in [-0.2, 0) is 0 Å². The summed E-state index contributed by atoms with van der Waals surface area (Å²) in [4.78, 5) is 5.52. The Kier molecular flexibility index (Phi) is 4.92. The summed E-state index contributed by atoms with van der Waals surface area (Å²) in [6.45, 7) is 10.8. The highest BCUT2D eigenvalue weighted by Crippen LogP contribution is 2.38. The monoisotopic (exact) mass is 293 g/mol. The molecule has 0 bridgehead atoms. The van der Waals surface area contributed by atoms with Crippen LogP contribution >= 0.6 is 0 Å². The van der Waals surface area contributed by atoms with Gasteiger partial charge in [0.25, 0.3) is 0 Å². The van der Waals surface area contributed by atoms with E-state index in [1.807, 2.05) is 0 Å². The van der Waals surface area contributed by atoms with Crippen molar-refractivity contribution in [3.8, 4) is 0 Å². The molecule has 0 amide bonds. The first kappa shape index (κ1) is 15.8. The molecule has 3 rings (SSSR count). The van der Waals surface area contributed by atoms with E-state index in [9.17, 15) is 0 Å². The average molecular weight is 293 g/mol. The highest BCUT2D eigenvalue weighted by atomic mass is 15.3. The number of hydrogen-bond donors (Lipinski definition) is 1. The van der Waals surface area contributed by atoms with Crippen LogP contribution in [0.5, 0.6) is 0 Å². The van der Waals surface area contributed by atoms with Crippen LogP contribution in [-0.4, -0.2) is 54.1 Å². The van der Waals surface area contributed by atoms with Crippen molar-refractivity contribution < 1.29 is 0 Å². The highest BCUT2D eigenvalue weighted by molar-refractivity contribution is 4.99. The molecule has 3 atom stereocenters. The largest absolute Gasteiger partial charge is 0.329 e. The lowest BCUT2D eigenvalue weighted by Gasteiger charge is -2.49. The highest BCUT2D eigenvalue weighted by Gasteiger charge is 2.42. The Balaban J connectivity index is 1.68. The van der Waals surface area contributed by atoms with Crippen LogP contribution in [0, 0.1) is 11.8 Å². The van der Waals surface area contributed by atoms with Crippen molar-refractivity contribution in [3.63, 3.8) is 0 Å². The maximum Gasteiger partial charge on any atom is 0.0333 e. The fourth-order valence-corrected chi connectivity index (χ4v) is 5.15. The smallest absolute Gasteiger partial charge is 0.0333 e. The van der Waals surface area contributed by atoms with E-state index in [4.69, 9.17) is 5.73 Å². The van der Waals surface area contributed by atoms with Crippen LogP contribution < -0.4 is 5.73 Å². The first-order chi connectivity index (χ1) is 10.1. The number of fused-ring (bicyclic) bond motifs is 1. The molecule has 3 heteroatoms. The predicted octanol–water partition coefficient (Wildman–Crippen LogP) is 2.70. The molecule has 2 saturated heterocycles. The van der Waals surface area contributed by atoms with Gasteiger partial charge in [0.05, 0.1) is 0 Å². The average Bonchev–Trinajstić information content (AvgIpc) is 2.84. The summed E-state index contributed by atoms with van der Waals surface area (Å²) in [5.74, 6) is 1.76. The molecule has 0 radical (unpaired) electrons. The maximum absolute atomic E-state index is 6.34. The zero-order valence-electron chi connectivity index (χ0n) is 14.2. The fourth-order valence-electron chi connectivity index (χ4n) is 5.15. The van der Waals surface area contributed by atoms with Crippen LogP contribution in [0.2, 0.25) is 0 Å². The van der Waals surface area contributed by atoms with Gasteiger partial charge in [0, 0.05) is 37.8 Å². The summed E-state index contributed by atoms with van der Waals surface area (Å²) in [5.41, 5.74) is 6.66. The van der Waals surface area contributed by atoms with Gasteiger partial charge < -0.3 is 5.73 Å². The van der Waals surface area contributed by atoms with E-state index < -0.39 is 0 Å². The van der Waals surface area contributed by atoms with Crippen molar-refractivity contribution in [2.75, 3.05) is 32.7 Å². The molecule has 3 nitrogen and oxygen atoms in total. The van der Waals surface area contributed by atoms with Gasteiger partial charge in [-0.3, -0.25) is 9.80 Å². The minimum atomic E-state index is 0.318. The molecular formula is C18H35N3.